The van der Waals surface area contributed by atoms with Gasteiger partial charge in [-0.15, -0.1) is 0 Å². The van der Waals surface area contributed by atoms with Gasteiger partial charge in [0.05, 0.1) is 6.61 Å². The molecule has 2 nitrogen and oxygen atoms in total. The summed E-state index contributed by atoms with van der Waals surface area (Å²) >= 11 is 0. The third kappa shape index (κ3) is 0.980. The van der Waals surface area contributed by atoms with E-state index in [1.54, 1.807) is 0 Å². The van der Waals surface area contributed by atoms with Gasteiger partial charge in [0.1, 0.15) is 12.3 Å². The summed E-state index contributed by atoms with van der Waals surface area (Å²) in [5.74, 6) is 0. The van der Waals surface area contributed by atoms with E-state index < -0.39 is 6.17 Å². The van der Waals surface area contributed by atoms with Gasteiger partial charge in [-0.1, -0.05) is 0 Å². The van der Waals surface area contributed by atoms with Crippen molar-refractivity contribution in [1.29, 1.82) is 0 Å². The summed E-state index contributed by atoms with van der Waals surface area (Å²) in [7, 11) is 0. The molecule has 0 radical (unpaired) electrons. The molecule has 48 valence electrons. The molecule has 0 saturated carbocycles. The van der Waals surface area contributed by atoms with Crippen molar-refractivity contribution in [3.05, 3.63) is 0 Å². The van der Waals surface area contributed by atoms with Gasteiger partial charge in [0.15, 0.2) is 0 Å². The second-order valence-electron chi connectivity index (χ2n) is 1.95. The zero-order valence-electron chi connectivity index (χ0n) is 4.64. The van der Waals surface area contributed by atoms with E-state index in [1.165, 1.54) is 0 Å². The fourth-order valence-corrected chi connectivity index (χ4v) is 0.838. The summed E-state index contributed by atoms with van der Waals surface area (Å²) in [5.41, 5.74) is 5.16. The van der Waals surface area contributed by atoms with Crippen molar-refractivity contribution in [3.63, 3.8) is 0 Å². The SMILES string of the molecule is NCC1OCCC1F. The molecule has 0 aromatic rings. The van der Waals surface area contributed by atoms with Crippen molar-refractivity contribution in [2.24, 2.45) is 5.73 Å². The van der Waals surface area contributed by atoms with Gasteiger partial charge >= 0.3 is 0 Å². The Kier molecular flexibility index (Phi) is 1.81. The van der Waals surface area contributed by atoms with Crippen LogP contribution in [0.4, 0.5) is 4.39 Å². The highest BCUT2D eigenvalue weighted by Gasteiger charge is 2.25. The molecule has 2 unspecified atom stereocenters. The van der Waals surface area contributed by atoms with E-state index in [9.17, 15) is 4.39 Å². The number of halogens is 1. The van der Waals surface area contributed by atoms with Crippen LogP contribution in [-0.2, 0) is 4.74 Å². The Bertz CT molecular complexity index is 78.8. The molecule has 0 amide bonds. The topological polar surface area (TPSA) is 35.2 Å². The summed E-state index contributed by atoms with van der Waals surface area (Å²) in [6.45, 7) is 0.838. The average molecular weight is 119 g/mol. The third-order valence-corrected chi connectivity index (χ3v) is 1.36. The van der Waals surface area contributed by atoms with Crippen LogP contribution in [0.1, 0.15) is 6.42 Å². The van der Waals surface area contributed by atoms with Crippen molar-refractivity contribution in [2.45, 2.75) is 18.7 Å². The van der Waals surface area contributed by atoms with Crippen LogP contribution < -0.4 is 5.73 Å². The summed E-state index contributed by atoms with van der Waals surface area (Å²) < 4.78 is 17.3. The monoisotopic (exact) mass is 119 g/mol. The maximum atomic E-state index is 12.4. The van der Waals surface area contributed by atoms with Crippen LogP contribution in [0, 0.1) is 0 Å². The average Bonchev–Trinajstić information content (AvgIpc) is 2.14. The van der Waals surface area contributed by atoms with E-state index >= 15 is 0 Å². The van der Waals surface area contributed by atoms with E-state index in [0.717, 1.165) is 0 Å². The van der Waals surface area contributed by atoms with Crippen molar-refractivity contribution < 1.29 is 9.13 Å². The van der Waals surface area contributed by atoms with Gasteiger partial charge in [0, 0.05) is 13.0 Å². The lowest BCUT2D eigenvalue weighted by Crippen LogP contribution is -2.26. The minimum Gasteiger partial charge on any atom is -0.374 e. The zero-order chi connectivity index (χ0) is 5.98. The minimum atomic E-state index is -0.819. The Balaban J connectivity index is 2.30. The summed E-state index contributed by atoms with van der Waals surface area (Å²) in [6.07, 6.45) is -0.628. The molecule has 8 heavy (non-hydrogen) atoms. The summed E-state index contributed by atoms with van der Waals surface area (Å²) in [4.78, 5) is 0. The van der Waals surface area contributed by atoms with Crippen molar-refractivity contribution in [2.75, 3.05) is 13.2 Å². The Morgan fingerprint density at radius 3 is 2.75 bits per heavy atom. The highest BCUT2D eigenvalue weighted by Crippen LogP contribution is 2.14. The van der Waals surface area contributed by atoms with Crippen molar-refractivity contribution in [3.8, 4) is 0 Å². The number of nitrogens with two attached hydrogens (primary N) is 1. The molecule has 0 aliphatic carbocycles. The maximum absolute atomic E-state index is 12.4. The van der Waals surface area contributed by atoms with Gasteiger partial charge in [-0.3, -0.25) is 0 Å². The van der Waals surface area contributed by atoms with E-state index in [2.05, 4.69) is 0 Å². The molecule has 3 heteroatoms. The predicted octanol–water partition coefficient (Wildman–Crippen LogP) is 0.0721. The molecule has 0 aromatic carbocycles. The van der Waals surface area contributed by atoms with Crippen LogP contribution >= 0.6 is 0 Å². The largest absolute Gasteiger partial charge is 0.374 e. The molecule has 2 atom stereocenters. The molecule has 0 spiro atoms. The first-order valence-electron chi connectivity index (χ1n) is 2.80. The molecule has 2 N–H and O–H groups in total. The minimum absolute atomic E-state index is 0.307. The van der Waals surface area contributed by atoms with Crippen LogP contribution in [0.3, 0.4) is 0 Å². The first kappa shape index (κ1) is 5.98. The molecule has 1 aliphatic heterocycles. The third-order valence-electron chi connectivity index (χ3n) is 1.36. The molecule has 0 aromatic heterocycles. The Hall–Kier alpha value is -0.150. The predicted molar refractivity (Wildman–Crippen MR) is 28.3 cm³/mol. The van der Waals surface area contributed by atoms with Gasteiger partial charge in [0.2, 0.25) is 0 Å². The van der Waals surface area contributed by atoms with Gasteiger partial charge < -0.3 is 10.5 Å². The molecule has 1 fully saturated rings. The molecule has 1 rings (SSSR count). The molecule has 0 bridgehead atoms. The molecular formula is C5H10FNO. The first-order valence-corrected chi connectivity index (χ1v) is 2.80. The van der Waals surface area contributed by atoms with Crippen LogP contribution in [0.5, 0.6) is 0 Å². The van der Waals surface area contributed by atoms with Crippen LogP contribution in [-0.4, -0.2) is 25.4 Å². The van der Waals surface area contributed by atoms with E-state index in [0.29, 0.717) is 19.6 Å². The normalized spacial score (nSPS) is 38.2. The highest BCUT2D eigenvalue weighted by atomic mass is 19.1. The summed E-state index contributed by atoms with van der Waals surface area (Å²) in [6, 6.07) is 0. The van der Waals surface area contributed by atoms with Gasteiger partial charge in [0.25, 0.3) is 0 Å². The lowest BCUT2D eigenvalue weighted by molar-refractivity contribution is 0.0845. The number of hydrogen-bond acceptors (Lipinski definition) is 2. The number of alkyl halides is 1. The summed E-state index contributed by atoms with van der Waals surface area (Å²) in [5, 5.41) is 0. The number of rotatable bonds is 1. The Labute approximate surface area is 47.8 Å². The lowest BCUT2D eigenvalue weighted by atomic mass is 10.2. The van der Waals surface area contributed by atoms with Crippen LogP contribution in [0.25, 0.3) is 0 Å². The van der Waals surface area contributed by atoms with E-state index in [4.69, 9.17) is 10.5 Å². The Morgan fingerprint density at radius 1 is 1.75 bits per heavy atom. The second kappa shape index (κ2) is 2.42. The first-order chi connectivity index (χ1) is 3.84. The van der Waals surface area contributed by atoms with Crippen molar-refractivity contribution >= 4 is 0 Å². The van der Waals surface area contributed by atoms with Gasteiger partial charge in [-0.05, 0) is 0 Å². The smallest absolute Gasteiger partial charge is 0.130 e. The standard InChI is InChI=1S/C5H10FNO/c6-4-1-2-8-5(4)3-7/h4-5H,1-3,7H2. The molecule has 1 saturated heterocycles. The fraction of sp³-hybridized carbons (Fsp3) is 1.00. The van der Waals surface area contributed by atoms with E-state index in [-0.39, 0.29) is 6.10 Å². The highest BCUT2D eigenvalue weighted by molar-refractivity contribution is 4.75. The molecule has 1 aliphatic rings. The zero-order valence-corrected chi connectivity index (χ0v) is 4.64. The number of hydrogen-bond donors (Lipinski definition) is 1. The Morgan fingerprint density at radius 2 is 2.50 bits per heavy atom. The quantitative estimate of drug-likeness (QED) is 0.530. The van der Waals surface area contributed by atoms with Crippen LogP contribution in [0.2, 0.25) is 0 Å². The van der Waals surface area contributed by atoms with Crippen LogP contribution in [0.15, 0.2) is 0 Å². The lowest BCUT2D eigenvalue weighted by Gasteiger charge is -2.06. The number of ether oxygens (including phenoxy) is 1. The molecule has 1 heterocycles. The second-order valence-corrected chi connectivity index (χ2v) is 1.95. The maximum Gasteiger partial charge on any atom is 0.130 e. The van der Waals surface area contributed by atoms with Crippen molar-refractivity contribution in [1.82, 2.24) is 0 Å². The van der Waals surface area contributed by atoms with Gasteiger partial charge in [-0.25, -0.2) is 4.39 Å². The molecular weight excluding hydrogens is 109 g/mol. The van der Waals surface area contributed by atoms with E-state index in [1.807, 2.05) is 0 Å². The fourth-order valence-electron chi connectivity index (χ4n) is 0.838. The van der Waals surface area contributed by atoms with Gasteiger partial charge in [-0.2, -0.15) is 0 Å².